The SMILES string of the molecule is Nc1nc(-c2nc(-c3ccsc3)no2)nc(N2CCOCC2)n1. The van der Waals surface area contributed by atoms with Crippen LogP contribution in [0.25, 0.3) is 23.1 Å². The topological polar surface area (TPSA) is 116 Å². The molecule has 1 aliphatic heterocycles. The summed E-state index contributed by atoms with van der Waals surface area (Å²) in [6, 6.07) is 1.92. The molecule has 0 aromatic carbocycles. The number of thiophene rings is 1. The number of anilines is 2. The highest BCUT2D eigenvalue weighted by atomic mass is 32.1. The number of rotatable bonds is 3. The third-order valence-electron chi connectivity index (χ3n) is 3.33. The summed E-state index contributed by atoms with van der Waals surface area (Å²) < 4.78 is 10.6. The molecule has 118 valence electrons. The largest absolute Gasteiger partial charge is 0.378 e. The lowest BCUT2D eigenvalue weighted by atomic mass is 10.3. The maximum absolute atomic E-state index is 5.80. The Morgan fingerprint density at radius 1 is 1.09 bits per heavy atom. The molecule has 2 N–H and O–H groups in total. The first-order chi connectivity index (χ1) is 11.3. The lowest BCUT2D eigenvalue weighted by Crippen LogP contribution is -2.37. The summed E-state index contributed by atoms with van der Waals surface area (Å²) in [4.78, 5) is 19.0. The van der Waals surface area contributed by atoms with Crippen molar-refractivity contribution in [3.05, 3.63) is 16.8 Å². The van der Waals surface area contributed by atoms with Crippen LogP contribution in [0.2, 0.25) is 0 Å². The van der Waals surface area contributed by atoms with Crippen molar-refractivity contribution < 1.29 is 9.26 Å². The Bertz CT molecular complexity index is 799. The number of morpholine rings is 1. The van der Waals surface area contributed by atoms with Crippen molar-refractivity contribution in [3.63, 3.8) is 0 Å². The van der Waals surface area contributed by atoms with Crippen LogP contribution in [0.5, 0.6) is 0 Å². The van der Waals surface area contributed by atoms with E-state index in [9.17, 15) is 0 Å². The van der Waals surface area contributed by atoms with Gasteiger partial charge in [-0.3, -0.25) is 0 Å². The molecule has 3 aromatic rings. The maximum atomic E-state index is 5.80. The van der Waals surface area contributed by atoms with Gasteiger partial charge in [-0.2, -0.15) is 31.3 Å². The molecule has 10 heteroatoms. The number of nitrogen functional groups attached to an aromatic ring is 1. The van der Waals surface area contributed by atoms with E-state index in [1.165, 1.54) is 0 Å². The zero-order chi connectivity index (χ0) is 15.6. The van der Waals surface area contributed by atoms with Crippen LogP contribution in [0.1, 0.15) is 0 Å². The van der Waals surface area contributed by atoms with Crippen LogP contribution in [-0.2, 0) is 4.74 Å². The van der Waals surface area contributed by atoms with Gasteiger partial charge >= 0.3 is 0 Å². The van der Waals surface area contributed by atoms with Crippen molar-refractivity contribution in [1.82, 2.24) is 25.1 Å². The van der Waals surface area contributed by atoms with E-state index in [-0.39, 0.29) is 17.7 Å². The van der Waals surface area contributed by atoms with E-state index in [0.717, 1.165) is 5.56 Å². The molecule has 0 aliphatic carbocycles. The van der Waals surface area contributed by atoms with E-state index in [2.05, 4.69) is 25.1 Å². The molecular weight excluding hydrogens is 318 g/mol. The first kappa shape index (κ1) is 14.0. The first-order valence-electron chi connectivity index (χ1n) is 7.00. The Morgan fingerprint density at radius 3 is 2.74 bits per heavy atom. The van der Waals surface area contributed by atoms with Crippen LogP contribution < -0.4 is 10.6 Å². The second kappa shape index (κ2) is 5.89. The van der Waals surface area contributed by atoms with Crippen molar-refractivity contribution in [2.45, 2.75) is 0 Å². The smallest absolute Gasteiger partial charge is 0.296 e. The number of hydrogen-bond acceptors (Lipinski definition) is 10. The molecule has 0 spiro atoms. The van der Waals surface area contributed by atoms with Crippen LogP contribution in [-0.4, -0.2) is 51.4 Å². The van der Waals surface area contributed by atoms with Gasteiger partial charge in [0.2, 0.25) is 23.5 Å². The predicted molar refractivity (Wildman–Crippen MR) is 83.9 cm³/mol. The van der Waals surface area contributed by atoms with E-state index in [1.807, 2.05) is 21.7 Å². The van der Waals surface area contributed by atoms with Gasteiger partial charge in [-0.25, -0.2) is 0 Å². The number of aromatic nitrogens is 5. The molecule has 3 aromatic heterocycles. The first-order valence-corrected chi connectivity index (χ1v) is 7.95. The standard InChI is InChI=1S/C13H13N7O2S/c14-12-16-10(17-13(18-12)20-2-4-21-5-3-20)11-15-9(19-22-11)8-1-6-23-7-8/h1,6-7H,2-5H2,(H2,14,16,17,18). The predicted octanol–water partition coefficient (Wildman–Crippen LogP) is 1.07. The van der Waals surface area contributed by atoms with Crippen LogP contribution >= 0.6 is 11.3 Å². The normalized spacial score (nSPS) is 15.0. The minimum absolute atomic E-state index is 0.117. The van der Waals surface area contributed by atoms with Gasteiger partial charge in [0.15, 0.2) is 0 Å². The van der Waals surface area contributed by atoms with Gasteiger partial charge in [0, 0.05) is 24.0 Å². The molecule has 0 unspecified atom stereocenters. The molecule has 4 rings (SSSR count). The number of ether oxygens (including phenoxy) is 1. The quantitative estimate of drug-likeness (QED) is 0.752. The summed E-state index contributed by atoms with van der Waals surface area (Å²) in [7, 11) is 0. The van der Waals surface area contributed by atoms with Crippen LogP contribution in [0.4, 0.5) is 11.9 Å². The van der Waals surface area contributed by atoms with Gasteiger partial charge in [0.05, 0.1) is 13.2 Å². The Labute approximate surface area is 135 Å². The molecule has 0 amide bonds. The van der Waals surface area contributed by atoms with Gasteiger partial charge in [-0.15, -0.1) is 0 Å². The second-order valence-corrected chi connectivity index (χ2v) is 5.63. The average Bonchev–Trinajstić information content (AvgIpc) is 3.26. The highest BCUT2D eigenvalue weighted by molar-refractivity contribution is 7.08. The van der Waals surface area contributed by atoms with Crippen molar-refractivity contribution >= 4 is 23.2 Å². The summed E-state index contributed by atoms with van der Waals surface area (Å²) in [5, 5.41) is 7.84. The molecule has 9 nitrogen and oxygen atoms in total. The molecule has 4 heterocycles. The molecule has 0 saturated carbocycles. The van der Waals surface area contributed by atoms with Gasteiger partial charge < -0.3 is 19.9 Å². The average molecular weight is 331 g/mol. The van der Waals surface area contributed by atoms with Crippen LogP contribution in [0.15, 0.2) is 21.3 Å². The fraction of sp³-hybridized carbons (Fsp3) is 0.308. The summed E-state index contributed by atoms with van der Waals surface area (Å²) in [6.07, 6.45) is 0. The molecule has 1 fully saturated rings. The summed E-state index contributed by atoms with van der Waals surface area (Å²) >= 11 is 1.56. The number of nitrogens with two attached hydrogens (primary N) is 1. The minimum atomic E-state index is 0.117. The number of hydrogen-bond donors (Lipinski definition) is 1. The van der Waals surface area contributed by atoms with Gasteiger partial charge in [-0.1, -0.05) is 5.16 Å². The van der Waals surface area contributed by atoms with Gasteiger partial charge in [-0.05, 0) is 11.4 Å². The zero-order valence-electron chi connectivity index (χ0n) is 12.0. The lowest BCUT2D eigenvalue weighted by Gasteiger charge is -2.26. The third kappa shape index (κ3) is 2.85. The van der Waals surface area contributed by atoms with E-state index in [1.54, 1.807) is 11.3 Å². The monoisotopic (exact) mass is 331 g/mol. The van der Waals surface area contributed by atoms with Crippen molar-refractivity contribution in [3.8, 4) is 23.1 Å². The highest BCUT2D eigenvalue weighted by Crippen LogP contribution is 2.23. The Hall–Kier alpha value is -2.59. The molecule has 23 heavy (non-hydrogen) atoms. The third-order valence-corrected chi connectivity index (χ3v) is 4.01. The lowest BCUT2D eigenvalue weighted by molar-refractivity contribution is 0.122. The zero-order valence-corrected chi connectivity index (χ0v) is 12.9. The summed E-state index contributed by atoms with van der Waals surface area (Å²) in [5.74, 6) is 1.59. The van der Waals surface area contributed by atoms with Crippen molar-refractivity contribution in [1.29, 1.82) is 0 Å². The fourth-order valence-corrected chi connectivity index (χ4v) is 2.84. The van der Waals surface area contributed by atoms with E-state index < -0.39 is 0 Å². The molecule has 0 bridgehead atoms. The van der Waals surface area contributed by atoms with Crippen molar-refractivity contribution in [2.24, 2.45) is 0 Å². The van der Waals surface area contributed by atoms with E-state index in [0.29, 0.717) is 38.1 Å². The molecular formula is C13H13N7O2S. The number of nitrogens with zero attached hydrogens (tertiary/aromatic N) is 6. The van der Waals surface area contributed by atoms with E-state index >= 15 is 0 Å². The Kier molecular flexibility index (Phi) is 3.60. The fourth-order valence-electron chi connectivity index (χ4n) is 2.20. The summed E-state index contributed by atoms with van der Waals surface area (Å²) in [6.45, 7) is 2.66. The molecule has 0 radical (unpaired) electrons. The summed E-state index contributed by atoms with van der Waals surface area (Å²) in [5.41, 5.74) is 6.69. The van der Waals surface area contributed by atoms with Gasteiger partial charge in [0.1, 0.15) is 0 Å². The van der Waals surface area contributed by atoms with Crippen LogP contribution in [0, 0.1) is 0 Å². The van der Waals surface area contributed by atoms with Crippen LogP contribution in [0.3, 0.4) is 0 Å². The maximum Gasteiger partial charge on any atom is 0.296 e. The molecule has 1 saturated heterocycles. The Balaban J connectivity index is 1.67. The Morgan fingerprint density at radius 2 is 1.96 bits per heavy atom. The van der Waals surface area contributed by atoms with Gasteiger partial charge in [0.25, 0.3) is 5.89 Å². The minimum Gasteiger partial charge on any atom is -0.378 e. The van der Waals surface area contributed by atoms with E-state index in [4.69, 9.17) is 15.0 Å². The molecule has 1 aliphatic rings. The highest BCUT2D eigenvalue weighted by Gasteiger charge is 2.19. The molecule has 0 atom stereocenters. The van der Waals surface area contributed by atoms with Crippen molar-refractivity contribution in [2.75, 3.05) is 36.9 Å². The second-order valence-electron chi connectivity index (χ2n) is 4.85.